The normalized spacial score (nSPS) is 15.4. The summed E-state index contributed by atoms with van der Waals surface area (Å²) in [5, 5.41) is 16.5. The van der Waals surface area contributed by atoms with Crippen LogP contribution in [0, 0.1) is 12.8 Å². The van der Waals surface area contributed by atoms with Gasteiger partial charge < -0.3 is 15.2 Å². The number of aromatic carboxylic acids is 1. The number of anilines is 1. The van der Waals surface area contributed by atoms with Crippen molar-refractivity contribution in [2.24, 2.45) is 5.92 Å². The summed E-state index contributed by atoms with van der Waals surface area (Å²) in [5.41, 5.74) is -0.209. The Labute approximate surface area is 206 Å². The first-order valence-electron chi connectivity index (χ1n) is 11.7. The minimum atomic E-state index is -4.04. The van der Waals surface area contributed by atoms with Gasteiger partial charge in [0.05, 0.1) is 5.54 Å². The van der Waals surface area contributed by atoms with Gasteiger partial charge in [-0.25, -0.2) is 22.6 Å². The second kappa shape index (κ2) is 9.98. The first-order chi connectivity index (χ1) is 16.2. The molecule has 1 amide bonds. The highest BCUT2D eigenvalue weighted by Crippen LogP contribution is 2.37. The van der Waals surface area contributed by atoms with Gasteiger partial charge in [0.1, 0.15) is 10.6 Å². The Bertz CT molecular complexity index is 1230. The summed E-state index contributed by atoms with van der Waals surface area (Å²) in [6.45, 7) is 10.7. The van der Waals surface area contributed by atoms with E-state index in [-0.39, 0.29) is 45.6 Å². The predicted octanol–water partition coefficient (Wildman–Crippen LogP) is 4.25. The highest BCUT2D eigenvalue weighted by molar-refractivity contribution is 7.89. The molecule has 1 aliphatic rings. The van der Waals surface area contributed by atoms with E-state index in [0.29, 0.717) is 12.1 Å². The molecule has 3 rings (SSSR count). The molecule has 0 aliphatic heterocycles. The van der Waals surface area contributed by atoms with Gasteiger partial charge in [-0.1, -0.05) is 13.3 Å². The van der Waals surface area contributed by atoms with E-state index in [1.165, 1.54) is 16.8 Å². The number of carboxylic acids is 1. The van der Waals surface area contributed by atoms with Crippen LogP contribution in [0.5, 0.6) is 11.6 Å². The summed E-state index contributed by atoms with van der Waals surface area (Å²) in [6.07, 6.45) is 3.21. The monoisotopic (exact) mass is 506 g/mol. The lowest BCUT2D eigenvalue weighted by Crippen LogP contribution is -2.32. The number of sulfonamides is 1. The number of rotatable bonds is 9. The fraction of sp³-hybridized carbons (Fsp3) is 0.542. The van der Waals surface area contributed by atoms with Crippen LogP contribution in [0.3, 0.4) is 0 Å². The highest BCUT2D eigenvalue weighted by atomic mass is 32.2. The van der Waals surface area contributed by atoms with Gasteiger partial charge in [0.15, 0.2) is 5.69 Å². The standard InChI is InChI=1S/C24H34N4O6S/c1-7-14(2)27-35(32,33)19-13-17(25-21(29)16-9-8-10-16)11-12-18(19)34-22-15(3)20(23(30)31)26-28(22)24(4,5)6/h11-14,16,27H,7-10H2,1-6H3,(H,25,29)(H,30,31)/t14-/m1/s1. The number of carbonyl (C=O) groups excluding carboxylic acids is 1. The Morgan fingerprint density at radius 1 is 1.29 bits per heavy atom. The number of nitrogens with zero attached hydrogens (tertiary/aromatic N) is 2. The molecule has 1 aromatic heterocycles. The van der Waals surface area contributed by atoms with Gasteiger partial charge >= 0.3 is 5.97 Å². The number of hydrogen-bond acceptors (Lipinski definition) is 6. The smallest absolute Gasteiger partial charge is 0.356 e. The van der Waals surface area contributed by atoms with E-state index in [1.807, 2.05) is 27.7 Å². The molecular formula is C24H34N4O6S. The van der Waals surface area contributed by atoms with Crippen LogP contribution in [-0.2, 0) is 20.4 Å². The zero-order valence-corrected chi connectivity index (χ0v) is 21.8. The molecule has 0 bridgehead atoms. The van der Waals surface area contributed by atoms with Crippen molar-refractivity contribution < 1.29 is 27.9 Å². The number of carbonyl (C=O) groups is 2. The quantitative estimate of drug-likeness (QED) is 0.462. The Morgan fingerprint density at radius 3 is 2.46 bits per heavy atom. The Kier molecular flexibility index (Phi) is 7.61. The number of amides is 1. The van der Waals surface area contributed by atoms with Crippen molar-refractivity contribution in [2.75, 3.05) is 5.32 Å². The van der Waals surface area contributed by atoms with Gasteiger partial charge in [0.2, 0.25) is 21.8 Å². The van der Waals surface area contributed by atoms with Crippen molar-refractivity contribution >= 4 is 27.6 Å². The molecule has 1 saturated carbocycles. The Morgan fingerprint density at radius 2 is 1.94 bits per heavy atom. The molecule has 11 heteroatoms. The van der Waals surface area contributed by atoms with Gasteiger partial charge in [-0.05, 0) is 72.1 Å². The molecule has 0 saturated heterocycles. The topological polar surface area (TPSA) is 140 Å². The van der Waals surface area contributed by atoms with Crippen LogP contribution < -0.4 is 14.8 Å². The maximum Gasteiger partial charge on any atom is 0.356 e. The number of aromatic nitrogens is 2. The lowest BCUT2D eigenvalue weighted by molar-refractivity contribution is -0.122. The van der Waals surface area contributed by atoms with Crippen LogP contribution in [0.25, 0.3) is 0 Å². The maximum atomic E-state index is 13.3. The van der Waals surface area contributed by atoms with Crippen LogP contribution >= 0.6 is 0 Å². The van der Waals surface area contributed by atoms with Gasteiger partial charge in [-0.3, -0.25) is 4.79 Å². The maximum absolute atomic E-state index is 13.3. The van der Waals surface area contributed by atoms with E-state index in [1.54, 1.807) is 19.9 Å². The molecule has 0 unspecified atom stereocenters. The molecule has 10 nitrogen and oxygen atoms in total. The summed E-state index contributed by atoms with van der Waals surface area (Å²) < 4.78 is 36.7. The van der Waals surface area contributed by atoms with E-state index < -0.39 is 21.5 Å². The third-order valence-electron chi connectivity index (χ3n) is 6.06. The fourth-order valence-corrected chi connectivity index (χ4v) is 5.05. The predicted molar refractivity (Wildman–Crippen MR) is 131 cm³/mol. The average Bonchev–Trinajstić information content (AvgIpc) is 3.04. The van der Waals surface area contributed by atoms with E-state index in [0.717, 1.165) is 19.3 Å². The van der Waals surface area contributed by atoms with Crippen LogP contribution in [-0.4, -0.2) is 41.2 Å². The van der Waals surface area contributed by atoms with Crippen LogP contribution in [0.15, 0.2) is 23.1 Å². The van der Waals surface area contributed by atoms with Crippen LogP contribution in [0.4, 0.5) is 5.69 Å². The summed E-state index contributed by atoms with van der Waals surface area (Å²) in [7, 11) is -4.04. The molecule has 1 atom stereocenters. The molecule has 0 radical (unpaired) electrons. The number of hydrogen-bond donors (Lipinski definition) is 3. The largest absolute Gasteiger partial charge is 0.476 e. The lowest BCUT2D eigenvalue weighted by atomic mass is 9.85. The van der Waals surface area contributed by atoms with Crippen molar-refractivity contribution in [3.05, 3.63) is 29.5 Å². The van der Waals surface area contributed by atoms with Crippen molar-refractivity contribution in [3.8, 4) is 11.6 Å². The zero-order valence-electron chi connectivity index (χ0n) is 21.0. The molecule has 3 N–H and O–H groups in total. The van der Waals surface area contributed by atoms with Gasteiger partial charge in [-0.15, -0.1) is 0 Å². The third-order valence-corrected chi connectivity index (χ3v) is 7.67. The van der Waals surface area contributed by atoms with E-state index >= 15 is 0 Å². The van der Waals surface area contributed by atoms with Gasteiger partial charge in [0.25, 0.3) is 0 Å². The third kappa shape index (κ3) is 5.84. The lowest BCUT2D eigenvalue weighted by Gasteiger charge is -2.25. The summed E-state index contributed by atoms with van der Waals surface area (Å²) in [5.74, 6) is -1.30. The minimum Gasteiger partial charge on any atom is -0.476 e. The summed E-state index contributed by atoms with van der Waals surface area (Å²) >= 11 is 0. The molecule has 0 spiro atoms. The first-order valence-corrected chi connectivity index (χ1v) is 13.2. The number of nitrogens with one attached hydrogen (secondary N) is 2. The summed E-state index contributed by atoms with van der Waals surface area (Å²) in [4.78, 5) is 24.0. The second-order valence-corrected chi connectivity index (χ2v) is 11.7. The molecule has 35 heavy (non-hydrogen) atoms. The molecule has 1 aromatic carbocycles. The van der Waals surface area contributed by atoms with E-state index in [4.69, 9.17) is 4.74 Å². The number of ether oxygens (including phenoxy) is 1. The molecule has 1 aliphatic carbocycles. The van der Waals surface area contributed by atoms with Crippen molar-refractivity contribution in [2.45, 2.75) is 83.7 Å². The fourth-order valence-electron chi connectivity index (χ4n) is 3.57. The van der Waals surface area contributed by atoms with Crippen molar-refractivity contribution in [1.29, 1.82) is 0 Å². The average molecular weight is 507 g/mol. The molecular weight excluding hydrogens is 472 g/mol. The minimum absolute atomic E-state index is 0.00659. The first kappa shape index (κ1) is 26.7. The summed E-state index contributed by atoms with van der Waals surface area (Å²) in [6, 6.07) is 4.06. The van der Waals surface area contributed by atoms with Crippen molar-refractivity contribution in [3.63, 3.8) is 0 Å². The Balaban J connectivity index is 2.09. The molecule has 1 fully saturated rings. The number of benzene rings is 1. The van der Waals surface area contributed by atoms with E-state index in [9.17, 15) is 23.1 Å². The molecule has 192 valence electrons. The Hall–Kier alpha value is -2.92. The second-order valence-electron chi connectivity index (χ2n) is 9.98. The van der Waals surface area contributed by atoms with Gasteiger partial charge in [0, 0.05) is 23.2 Å². The van der Waals surface area contributed by atoms with Crippen molar-refractivity contribution in [1.82, 2.24) is 14.5 Å². The SMILES string of the molecule is CC[C@@H](C)NS(=O)(=O)c1cc(NC(=O)C2CCC2)ccc1Oc1c(C)c(C(=O)O)nn1C(C)(C)C. The van der Waals surface area contributed by atoms with Crippen LogP contribution in [0.2, 0.25) is 0 Å². The highest BCUT2D eigenvalue weighted by Gasteiger charge is 2.30. The van der Waals surface area contributed by atoms with Gasteiger partial charge in [-0.2, -0.15) is 5.10 Å². The van der Waals surface area contributed by atoms with Crippen LogP contribution in [0.1, 0.15) is 76.4 Å². The molecule has 2 aromatic rings. The number of carboxylic acid groups (broad SMARTS) is 1. The zero-order chi connectivity index (χ0) is 26.1. The van der Waals surface area contributed by atoms with E-state index in [2.05, 4.69) is 15.1 Å². The molecule has 1 heterocycles.